The molecular formula is C27H29FN4O4. The first-order valence-electron chi connectivity index (χ1n) is 12.6. The lowest BCUT2D eigenvalue weighted by atomic mass is 9.83. The number of aliphatic hydroxyl groups is 1. The fourth-order valence-corrected chi connectivity index (χ4v) is 5.83. The van der Waals surface area contributed by atoms with Gasteiger partial charge in [-0.15, -0.1) is 0 Å². The molecule has 2 atom stereocenters. The Kier molecular flexibility index (Phi) is 5.47. The molecule has 0 aliphatic carbocycles. The third kappa shape index (κ3) is 3.33. The smallest absolute Gasteiger partial charge is 0.343 e. The highest BCUT2D eigenvalue weighted by Crippen LogP contribution is 2.43. The molecule has 9 heteroatoms. The van der Waals surface area contributed by atoms with Crippen molar-refractivity contribution >= 4 is 16.9 Å². The monoisotopic (exact) mass is 492 g/mol. The molecule has 0 spiro atoms. The molecule has 6 rings (SSSR count). The number of benzene rings is 1. The van der Waals surface area contributed by atoms with Crippen molar-refractivity contribution in [2.24, 2.45) is 0 Å². The molecule has 0 radical (unpaired) electrons. The summed E-state index contributed by atoms with van der Waals surface area (Å²) in [7, 11) is 0. The predicted octanol–water partition coefficient (Wildman–Crippen LogP) is 2.36. The van der Waals surface area contributed by atoms with Crippen molar-refractivity contribution in [3.05, 3.63) is 62.7 Å². The fourth-order valence-electron chi connectivity index (χ4n) is 5.83. The summed E-state index contributed by atoms with van der Waals surface area (Å²) in [5.41, 5.74) is 0.642. The number of aryl methyl sites for hydroxylation is 1. The van der Waals surface area contributed by atoms with E-state index in [2.05, 4.69) is 10.2 Å². The zero-order valence-electron chi connectivity index (χ0n) is 20.4. The Labute approximate surface area is 207 Å². The number of hydrogen-bond acceptors (Lipinski definition) is 7. The van der Waals surface area contributed by atoms with Crippen molar-refractivity contribution in [1.29, 1.82) is 0 Å². The van der Waals surface area contributed by atoms with Gasteiger partial charge in [-0.05, 0) is 31.0 Å². The lowest BCUT2D eigenvalue weighted by Crippen LogP contribution is -2.47. The van der Waals surface area contributed by atoms with Crippen LogP contribution in [0.5, 0.6) is 0 Å². The molecule has 2 N–H and O–H groups in total. The van der Waals surface area contributed by atoms with Gasteiger partial charge in [-0.2, -0.15) is 0 Å². The number of ether oxygens (including phenoxy) is 1. The van der Waals surface area contributed by atoms with E-state index in [0.29, 0.717) is 40.8 Å². The number of carbonyl (C=O) groups excluding carboxylic acids is 1. The first-order valence-corrected chi connectivity index (χ1v) is 12.6. The minimum atomic E-state index is -1.94. The number of carbonyl (C=O) groups is 1. The van der Waals surface area contributed by atoms with Crippen LogP contribution in [-0.4, -0.2) is 58.3 Å². The summed E-state index contributed by atoms with van der Waals surface area (Å²) >= 11 is 0. The molecule has 1 saturated heterocycles. The minimum Gasteiger partial charge on any atom is -0.455 e. The van der Waals surface area contributed by atoms with E-state index >= 15 is 4.39 Å². The van der Waals surface area contributed by atoms with Gasteiger partial charge in [-0.1, -0.05) is 19.1 Å². The second kappa shape index (κ2) is 8.47. The van der Waals surface area contributed by atoms with Crippen LogP contribution in [0.2, 0.25) is 0 Å². The first kappa shape index (κ1) is 23.3. The number of nitrogens with one attached hydrogen (secondary N) is 1. The van der Waals surface area contributed by atoms with Crippen LogP contribution in [0, 0.1) is 12.7 Å². The van der Waals surface area contributed by atoms with E-state index in [1.807, 2.05) is 19.1 Å². The highest BCUT2D eigenvalue weighted by molar-refractivity contribution is 5.88. The number of piperazine rings is 1. The van der Waals surface area contributed by atoms with Crippen molar-refractivity contribution in [2.45, 2.75) is 44.9 Å². The van der Waals surface area contributed by atoms with Crippen LogP contribution in [0.3, 0.4) is 0 Å². The van der Waals surface area contributed by atoms with Gasteiger partial charge in [-0.3, -0.25) is 4.79 Å². The quantitative estimate of drug-likeness (QED) is 0.422. The van der Waals surface area contributed by atoms with Gasteiger partial charge in [-0.25, -0.2) is 14.2 Å². The highest BCUT2D eigenvalue weighted by atomic mass is 19.1. The molecule has 0 amide bonds. The Morgan fingerprint density at radius 3 is 2.81 bits per heavy atom. The van der Waals surface area contributed by atoms with Gasteiger partial charge in [0.25, 0.3) is 5.56 Å². The van der Waals surface area contributed by atoms with Gasteiger partial charge in [0.05, 0.1) is 29.0 Å². The third-order valence-corrected chi connectivity index (χ3v) is 7.93. The van der Waals surface area contributed by atoms with E-state index in [9.17, 15) is 14.7 Å². The number of rotatable bonds is 4. The topological polar surface area (TPSA) is 96.7 Å². The molecule has 0 bridgehead atoms. The molecule has 3 aromatic rings. The molecule has 188 valence electrons. The van der Waals surface area contributed by atoms with E-state index in [1.165, 1.54) is 4.57 Å². The molecule has 3 aliphatic heterocycles. The highest BCUT2D eigenvalue weighted by Gasteiger charge is 2.49. The summed E-state index contributed by atoms with van der Waals surface area (Å²) < 4.78 is 22.9. The molecule has 3 aliphatic rings. The molecule has 2 aromatic heterocycles. The Morgan fingerprint density at radius 1 is 1.28 bits per heavy atom. The number of fused-ring (bicyclic) bond motifs is 5. The number of pyridine rings is 2. The van der Waals surface area contributed by atoms with Crippen LogP contribution in [0.4, 0.5) is 4.39 Å². The van der Waals surface area contributed by atoms with Crippen LogP contribution < -0.4 is 10.9 Å². The second-order valence-corrected chi connectivity index (χ2v) is 9.96. The predicted molar refractivity (Wildman–Crippen MR) is 132 cm³/mol. The Hall–Kier alpha value is -3.14. The van der Waals surface area contributed by atoms with Gasteiger partial charge in [0, 0.05) is 55.7 Å². The largest absolute Gasteiger partial charge is 0.455 e. The lowest BCUT2D eigenvalue weighted by Gasteiger charge is -2.37. The zero-order chi connectivity index (χ0) is 25.2. The molecular weight excluding hydrogens is 463 g/mol. The SMILES string of the molecule is CC[C@@]1(O)C(=O)OC(CCN2CCNCC2)c2c1cc1n(c2=O)Cc2c-1nc1cccc(C)c1c2F. The standard InChI is InChI=1S/C27H29FN4O4/c1-3-27(35)17-13-19-24-16(23(28)21-15(2)5-4-6-18(21)30-24)14-32(19)25(33)22(17)20(36-26(27)34)7-10-31-11-8-29-9-12-31/h4-6,13,20,29,35H,3,7-12,14H2,1-2H3/t20?,27-/m0/s1. The Bertz CT molecular complexity index is 1460. The van der Waals surface area contributed by atoms with E-state index in [1.54, 1.807) is 19.1 Å². The second-order valence-electron chi connectivity index (χ2n) is 9.96. The maximum absolute atomic E-state index is 15.7. The molecule has 0 saturated carbocycles. The maximum atomic E-state index is 15.7. The normalized spacial score (nSPS) is 23.3. The molecule has 36 heavy (non-hydrogen) atoms. The number of cyclic esters (lactones) is 1. The summed E-state index contributed by atoms with van der Waals surface area (Å²) in [6, 6.07) is 7.05. The van der Waals surface area contributed by atoms with E-state index in [-0.39, 0.29) is 35.5 Å². The van der Waals surface area contributed by atoms with Crippen LogP contribution in [0.15, 0.2) is 29.1 Å². The molecule has 1 aromatic carbocycles. The molecule has 1 fully saturated rings. The molecule has 8 nitrogen and oxygen atoms in total. The molecule has 1 unspecified atom stereocenters. The van der Waals surface area contributed by atoms with Crippen molar-refractivity contribution < 1.29 is 19.0 Å². The summed E-state index contributed by atoms with van der Waals surface area (Å²) in [4.78, 5) is 33.9. The number of aromatic nitrogens is 2. The van der Waals surface area contributed by atoms with E-state index in [4.69, 9.17) is 9.72 Å². The number of halogens is 1. The summed E-state index contributed by atoms with van der Waals surface area (Å²) in [6.07, 6.45) is -0.282. The molecule has 5 heterocycles. The number of esters is 1. The minimum absolute atomic E-state index is 0.0445. The third-order valence-electron chi connectivity index (χ3n) is 7.93. The van der Waals surface area contributed by atoms with E-state index in [0.717, 1.165) is 31.7 Å². The van der Waals surface area contributed by atoms with Gasteiger partial charge in [0.15, 0.2) is 5.60 Å². The van der Waals surface area contributed by atoms with Gasteiger partial charge >= 0.3 is 5.97 Å². The Morgan fingerprint density at radius 2 is 2.06 bits per heavy atom. The van der Waals surface area contributed by atoms with Crippen molar-refractivity contribution in [3.8, 4) is 11.4 Å². The van der Waals surface area contributed by atoms with Crippen LogP contribution in [0.1, 0.15) is 48.1 Å². The number of nitrogens with zero attached hydrogens (tertiary/aromatic N) is 3. The average molecular weight is 493 g/mol. The zero-order valence-corrected chi connectivity index (χ0v) is 20.4. The lowest BCUT2D eigenvalue weighted by molar-refractivity contribution is -0.178. The van der Waals surface area contributed by atoms with Crippen LogP contribution in [0.25, 0.3) is 22.3 Å². The van der Waals surface area contributed by atoms with E-state index < -0.39 is 17.7 Å². The maximum Gasteiger partial charge on any atom is 0.343 e. The first-order chi connectivity index (χ1) is 17.3. The van der Waals surface area contributed by atoms with Gasteiger partial charge in [0.2, 0.25) is 0 Å². The fraction of sp³-hybridized carbons (Fsp3) is 0.444. The van der Waals surface area contributed by atoms with Gasteiger partial charge < -0.3 is 24.6 Å². The van der Waals surface area contributed by atoms with Crippen molar-refractivity contribution in [3.63, 3.8) is 0 Å². The van der Waals surface area contributed by atoms with Crippen molar-refractivity contribution in [2.75, 3.05) is 32.7 Å². The summed E-state index contributed by atoms with van der Waals surface area (Å²) in [6.45, 7) is 7.74. The summed E-state index contributed by atoms with van der Waals surface area (Å²) in [5, 5.41) is 15.1. The van der Waals surface area contributed by atoms with Crippen LogP contribution in [-0.2, 0) is 21.7 Å². The number of hydrogen-bond donors (Lipinski definition) is 2. The summed E-state index contributed by atoms with van der Waals surface area (Å²) in [5.74, 6) is -1.14. The Balaban J connectivity index is 1.50. The van der Waals surface area contributed by atoms with Gasteiger partial charge in [0.1, 0.15) is 11.9 Å². The van der Waals surface area contributed by atoms with Crippen LogP contribution >= 0.6 is 0 Å². The average Bonchev–Trinajstić information content (AvgIpc) is 3.25. The van der Waals surface area contributed by atoms with Crippen molar-refractivity contribution in [1.82, 2.24) is 19.8 Å².